The minimum absolute atomic E-state index is 0.605. The van der Waals surface area contributed by atoms with Gasteiger partial charge in [-0.1, -0.05) is 0 Å². The standard InChI is InChI=1S/C10H8N2S2/c1-6-2-3-9(14-6)8-5-13-10(12)7(8)4-11/h2-3,5H,12H2,1H3. The molecule has 70 valence electrons. The van der Waals surface area contributed by atoms with Gasteiger partial charge in [-0.3, -0.25) is 0 Å². The van der Waals surface area contributed by atoms with Crippen molar-refractivity contribution in [1.82, 2.24) is 0 Å². The SMILES string of the molecule is Cc1ccc(-c2csc(N)c2C#N)s1. The fourth-order valence-electron chi connectivity index (χ4n) is 1.25. The van der Waals surface area contributed by atoms with E-state index in [1.165, 1.54) is 16.2 Å². The van der Waals surface area contributed by atoms with Gasteiger partial charge in [0.15, 0.2) is 0 Å². The molecular formula is C10H8N2S2. The second kappa shape index (κ2) is 3.45. The molecule has 0 atom stereocenters. The minimum Gasteiger partial charge on any atom is -0.389 e. The molecule has 2 aromatic heterocycles. The first-order valence-electron chi connectivity index (χ1n) is 4.06. The van der Waals surface area contributed by atoms with E-state index in [2.05, 4.69) is 19.1 Å². The second-order valence-electron chi connectivity index (χ2n) is 2.91. The van der Waals surface area contributed by atoms with E-state index in [0.29, 0.717) is 10.6 Å². The van der Waals surface area contributed by atoms with E-state index in [4.69, 9.17) is 11.0 Å². The monoisotopic (exact) mass is 220 g/mol. The summed E-state index contributed by atoms with van der Waals surface area (Å²) in [6.07, 6.45) is 0. The topological polar surface area (TPSA) is 49.8 Å². The average molecular weight is 220 g/mol. The largest absolute Gasteiger partial charge is 0.389 e. The number of anilines is 1. The van der Waals surface area contributed by atoms with Gasteiger partial charge in [-0.05, 0) is 19.1 Å². The molecular weight excluding hydrogens is 212 g/mol. The fraction of sp³-hybridized carbons (Fsp3) is 0.100. The molecule has 2 N–H and O–H groups in total. The van der Waals surface area contributed by atoms with Gasteiger partial charge < -0.3 is 5.73 Å². The number of nitrogen functional groups attached to an aromatic ring is 1. The van der Waals surface area contributed by atoms with E-state index in [9.17, 15) is 0 Å². The highest BCUT2D eigenvalue weighted by atomic mass is 32.1. The third-order valence-corrected chi connectivity index (χ3v) is 3.78. The van der Waals surface area contributed by atoms with Crippen LogP contribution in [-0.2, 0) is 0 Å². The summed E-state index contributed by atoms with van der Waals surface area (Å²) in [6.45, 7) is 2.05. The van der Waals surface area contributed by atoms with Gasteiger partial charge in [-0.15, -0.1) is 22.7 Å². The molecule has 0 aliphatic rings. The smallest absolute Gasteiger partial charge is 0.104 e. The highest BCUT2D eigenvalue weighted by Crippen LogP contribution is 2.36. The van der Waals surface area contributed by atoms with Crippen molar-refractivity contribution in [1.29, 1.82) is 5.26 Å². The number of nitriles is 1. The molecule has 0 radical (unpaired) electrons. The number of nitrogens with two attached hydrogens (primary N) is 1. The molecule has 0 unspecified atom stereocenters. The molecule has 0 aliphatic carbocycles. The van der Waals surface area contributed by atoms with Crippen LogP contribution in [0.4, 0.5) is 5.00 Å². The van der Waals surface area contributed by atoms with Gasteiger partial charge >= 0.3 is 0 Å². The molecule has 0 saturated carbocycles. The lowest BCUT2D eigenvalue weighted by Gasteiger charge is -1.92. The van der Waals surface area contributed by atoms with Crippen molar-refractivity contribution in [3.8, 4) is 16.5 Å². The quantitative estimate of drug-likeness (QED) is 0.802. The van der Waals surface area contributed by atoms with Crippen LogP contribution < -0.4 is 5.73 Å². The van der Waals surface area contributed by atoms with Gasteiger partial charge in [0.2, 0.25) is 0 Å². The third-order valence-electron chi connectivity index (χ3n) is 1.94. The summed E-state index contributed by atoms with van der Waals surface area (Å²) < 4.78 is 0. The molecule has 2 nitrogen and oxygen atoms in total. The van der Waals surface area contributed by atoms with E-state index in [1.807, 2.05) is 11.4 Å². The van der Waals surface area contributed by atoms with Crippen molar-refractivity contribution in [2.24, 2.45) is 0 Å². The predicted molar refractivity (Wildman–Crippen MR) is 61.5 cm³/mol. The van der Waals surface area contributed by atoms with Gasteiger partial charge in [0.05, 0.1) is 5.56 Å². The molecule has 4 heteroatoms. The molecule has 2 aromatic rings. The minimum atomic E-state index is 0.605. The molecule has 2 rings (SSSR count). The Hall–Kier alpha value is -1.31. The first kappa shape index (κ1) is 9.25. The van der Waals surface area contributed by atoms with Crippen LogP contribution in [0, 0.1) is 18.3 Å². The van der Waals surface area contributed by atoms with Crippen molar-refractivity contribution in [3.63, 3.8) is 0 Å². The zero-order chi connectivity index (χ0) is 10.1. The molecule has 0 amide bonds. The maximum atomic E-state index is 8.94. The van der Waals surface area contributed by atoms with Crippen LogP contribution in [0.25, 0.3) is 10.4 Å². The summed E-state index contributed by atoms with van der Waals surface area (Å²) in [5, 5.41) is 11.5. The van der Waals surface area contributed by atoms with Gasteiger partial charge in [-0.25, -0.2) is 0 Å². The summed E-state index contributed by atoms with van der Waals surface area (Å²) in [5.74, 6) is 0. The molecule has 0 spiro atoms. The van der Waals surface area contributed by atoms with Crippen LogP contribution in [0.5, 0.6) is 0 Å². The van der Waals surface area contributed by atoms with Crippen LogP contribution in [0.1, 0.15) is 10.4 Å². The summed E-state index contributed by atoms with van der Waals surface area (Å²) in [5.41, 5.74) is 7.27. The number of hydrogen-bond donors (Lipinski definition) is 1. The number of aryl methyl sites for hydroxylation is 1. The fourth-order valence-corrected chi connectivity index (χ4v) is 2.98. The van der Waals surface area contributed by atoms with Gasteiger partial charge in [-0.2, -0.15) is 5.26 Å². The summed E-state index contributed by atoms with van der Waals surface area (Å²) in [7, 11) is 0. The van der Waals surface area contributed by atoms with Gasteiger partial charge in [0.1, 0.15) is 11.1 Å². The van der Waals surface area contributed by atoms with Crippen LogP contribution in [-0.4, -0.2) is 0 Å². The lowest BCUT2D eigenvalue weighted by molar-refractivity contribution is 1.51. The Morgan fingerprint density at radius 2 is 2.21 bits per heavy atom. The van der Waals surface area contributed by atoms with Crippen LogP contribution in [0.2, 0.25) is 0 Å². The Bertz CT molecular complexity index is 502. The number of rotatable bonds is 1. The number of thiophene rings is 2. The summed E-state index contributed by atoms with van der Waals surface area (Å²) >= 11 is 3.11. The van der Waals surface area contributed by atoms with Crippen LogP contribution in [0.15, 0.2) is 17.5 Å². The third kappa shape index (κ3) is 1.41. The van der Waals surface area contributed by atoms with Crippen molar-refractivity contribution in [2.45, 2.75) is 6.92 Å². The van der Waals surface area contributed by atoms with Crippen LogP contribution in [0.3, 0.4) is 0 Å². The first-order chi connectivity index (χ1) is 6.72. The summed E-state index contributed by atoms with van der Waals surface area (Å²) in [6, 6.07) is 6.22. The molecule has 0 aliphatic heterocycles. The Balaban J connectivity index is 2.58. The van der Waals surface area contributed by atoms with E-state index in [0.717, 1.165) is 10.4 Å². The van der Waals surface area contributed by atoms with Crippen molar-refractivity contribution in [3.05, 3.63) is 28.0 Å². The average Bonchev–Trinajstić information content (AvgIpc) is 2.71. The molecule has 14 heavy (non-hydrogen) atoms. The Morgan fingerprint density at radius 1 is 1.43 bits per heavy atom. The highest BCUT2D eigenvalue weighted by Gasteiger charge is 2.11. The maximum Gasteiger partial charge on any atom is 0.104 e. The number of nitrogens with zero attached hydrogens (tertiary/aromatic N) is 1. The van der Waals surface area contributed by atoms with Gasteiger partial charge in [0.25, 0.3) is 0 Å². The van der Waals surface area contributed by atoms with Gasteiger partial charge in [0, 0.05) is 20.7 Å². The second-order valence-corrected chi connectivity index (χ2v) is 5.11. The molecule has 0 aromatic carbocycles. The van der Waals surface area contributed by atoms with Crippen molar-refractivity contribution in [2.75, 3.05) is 5.73 Å². The lowest BCUT2D eigenvalue weighted by atomic mass is 10.2. The Kier molecular flexibility index (Phi) is 2.28. The molecule has 0 saturated heterocycles. The zero-order valence-corrected chi connectivity index (χ0v) is 9.21. The zero-order valence-electron chi connectivity index (χ0n) is 7.57. The highest BCUT2D eigenvalue weighted by molar-refractivity contribution is 7.17. The lowest BCUT2D eigenvalue weighted by Crippen LogP contribution is -1.83. The predicted octanol–water partition coefficient (Wildman–Crippen LogP) is 3.24. The Morgan fingerprint density at radius 3 is 2.79 bits per heavy atom. The van der Waals surface area contributed by atoms with Crippen molar-refractivity contribution >= 4 is 27.7 Å². The normalized spacial score (nSPS) is 10.0. The van der Waals surface area contributed by atoms with E-state index < -0.39 is 0 Å². The molecule has 2 heterocycles. The maximum absolute atomic E-state index is 8.94. The van der Waals surface area contributed by atoms with Crippen LogP contribution >= 0.6 is 22.7 Å². The molecule has 0 bridgehead atoms. The van der Waals surface area contributed by atoms with Crippen molar-refractivity contribution < 1.29 is 0 Å². The Labute approximate surface area is 90.2 Å². The summed E-state index contributed by atoms with van der Waals surface area (Å²) in [4.78, 5) is 2.36. The van der Waals surface area contributed by atoms with E-state index >= 15 is 0 Å². The molecule has 0 fully saturated rings. The van der Waals surface area contributed by atoms with E-state index in [1.54, 1.807) is 11.3 Å². The first-order valence-corrected chi connectivity index (χ1v) is 5.76. The number of hydrogen-bond acceptors (Lipinski definition) is 4. The van der Waals surface area contributed by atoms with E-state index in [-0.39, 0.29) is 0 Å².